The summed E-state index contributed by atoms with van der Waals surface area (Å²) in [6.07, 6.45) is 0. The number of halogens is 1. The van der Waals surface area contributed by atoms with Crippen molar-refractivity contribution >= 4 is 0 Å². The van der Waals surface area contributed by atoms with Crippen molar-refractivity contribution in [2.45, 2.75) is 6.92 Å². The molecular weight excluding hydrogens is 182 g/mol. The van der Waals surface area contributed by atoms with Gasteiger partial charge in [-0.2, -0.15) is 14.0 Å². The smallest absolute Gasteiger partial charge is 0.183 e. The van der Waals surface area contributed by atoms with E-state index in [0.29, 0.717) is 0 Å². The first-order chi connectivity index (χ1) is 3.06. The first-order valence-corrected chi connectivity index (χ1v) is 2.85. The monoisotopic (exact) mass is 186 g/mol. The van der Waals surface area contributed by atoms with Crippen molar-refractivity contribution < 1.29 is 45.0 Å². The van der Waals surface area contributed by atoms with E-state index in [1.165, 1.54) is 6.92 Å². The fourth-order valence-electron chi connectivity index (χ4n) is 0.134. The summed E-state index contributed by atoms with van der Waals surface area (Å²) in [6, 6.07) is 0. The minimum Gasteiger partial charge on any atom is -0.183 e. The zero-order valence-electron chi connectivity index (χ0n) is 4.03. The van der Waals surface area contributed by atoms with E-state index in [0.717, 1.165) is 0 Å². The Morgan fingerprint density at radius 1 is 1.38 bits per heavy atom. The van der Waals surface area contributed by atoms with Gasteiger partial charge in [-0.15, -0.1) is 0 Å². The van der Waals surface area contributed by atoms with E-state index in [2.05, 4.69) is 4.29 Å². The van der Waals surface area contributed by atoms with Crippen LogP contribution in [0.4, 0.5) is 0 Å². The fraction of sp³-hybridized carbons (Fsp3) is 1.00. The van der Waals surface area contributed by atoms with Crippen LogP contribution in [0.1, 0.15) is 6.92 Å². The molecule has 0 atom stereocenters. The third-order valence-corrected chi connectivity index (χ3v) is 0.728. The molecule has 0 spiro atoms. The first-order valence-electron chi connectivity index (χ1n) is 1.61. The van der Waals surface area contributed by atoms with Crippen LogP contribution in [-0.2, 0) is 20.8 Å². The molecule has 0 aliphatic rings. The zero-order valence-corrected chi connectivity index (χ0v) is 5.78. The van der Waals surface area contributed by atoms with Gasteiger partial charge in [-0.3, -0.25) is 0 Å². The molecule has 0 aromatic heterocycles. The Kier molecular flexibility index (Phi) is 6.42. The third-order valence-electron chi connectivity index (χ3n) is 0.243. The van der Waals surface area contributed by atoms with Crippen LogP contribution >= 0.6 is 0 Å². The van der Waals surface area contributed by atoms with Gasteiger partial charge >= 0.3 is 0 Å². The van der Waals surface area contributed by atoms with Gasteiger partial charge in [0.25, 0.3) is 0 Å². The van der Waals surface area contributed by atoms with Gasteiger partial charge in [0, 0.05) is 16.5 Å². The molecule has 0 saturated heterocycles. The predicted octanol–water partition coefficient (Wildman–Crippen LogP) is -3.08. The van der Waals surface area contributed by atoms with Gasteiger partial charge in [-0.1, -0.05) is 0 Å². The van der Waals surface area contributed by atoms with Gasteiger partial charge in [0.15, 0.2) is 0 Å². The SMILES string of the molecule is CCO[Cl+3]([O-])([O-])[O-].[Ni]. The largest absolute Gasteiger partial charge is 0.201 e. The Morgan fingerprint density at radius 2 is 1.75 bits per heavy atom. The summed E-state index contributed by atoms with van der Waals surface area (Å²) >= 11 is 0. The molecule has 0 radical (unpaired) electrons. The van der Waals surface area contributed by atoms with Gasteiger partial charge in [-0.25, -0.2) is 0 Å². The van der Waals surface area contributed by atoms with Crippen LogP contribution in [-0.4, -0.2) is 6.61 Å². The first kappa shape index (κ1) is 11.4. The van der Waals surface area contributed by atoms with Crippen LogP contribution in [0.2, 0.25) is 0 Å². The van der Waals surface area contributed by atoms with Crippen molar-refractivity contribution in [1.29, 1.82) is 0 Å². The molecule has 0 rings (SSSR count). The van der Waals surface area contributed by atoms with E-state index < -0.39 is 10.2 Å². The van der Waals surface area contributed by atoms with Crippen LogP contribution < -0.4 is 14.0 Å². The van der Waals surface area contributed by atoms with Crippen molar-refractivity contribution in [3.05, 3.63) is 0 Å². The van der Waals surface area contributed by atoms with E-state index in [4.69, 9.17) is 0 Å². The standard InChI is InChI=1S/C2H5ClO4.Ni/c1-2-7-3(4,5)6;/h2H2,1H3;. The molecule has 6 heteroatoms. The molecule has 0 aliphatic carbocycles. The summed E-state index contributed by atoms with van der Waals surface area (Å²) in [5.74, 6) is 0. The topological polar surface area (TPSA) is 78.4 Å². The summed E-state index contributed by atoms with van der Waals surface area (Å²) in [4.78, 5) is 0. The van der Waals surface area contributed by atoms with E-state index in [-0.39, 0.29) is 23.1 Å². The second-order valence-corrected chi connectivity index (χ2v) is 1.75. The average Bonchev–Trinajstić information content (AvgIpc) is 1.30. The maximum atomic E-state index is 9.43. The second kappa shape index (κ2) is 4.50. The van der Waals surface area contributed by atoms with Gasteiger partial charge in [0.2, 0.25) is 6.61 Å². The Balaban J connectivity index is 0. The van der Waals surface area contributed by atoms with Crippen LogP contribution in [0.5, 0.6) is 0 Å². The summed E-state index contributed by atoms with van der Waals surface area (Å²) in [7, 11) is -4.18. The van der Waals surface area contributed by atoms with Crippen molar-refractivity contribution in [1.82, 2.24) is 0 Å². The van der Waals surface area contributed by atoms with Gasteiger partial charge in [0.1, 0.15) is 0 Å². The Hall–Kier alpha value is 0.624. The van der Waals surface area contributed by atoms with E-state index in [9.17, 15) is 14.0 Å². The molecule has 0 bridgehead atoms. The van der Waals surface area contributed by atoms with Crippen molar-refractivity contribution in [2.24, 2.45) is 0 Å². The van der Waals surface area contributed by atoms with Gasteiger partial charge in [-0.05, 0) is 6.92 Å². The Morgan fingerprint density at radius 3 is 1.75 bits per heavy atom. The maximum absolute atomic E-state index is 9.43. The molecule has 0 N–H and O–H groups in total. The summed E-state index contributed by atoms with van der Waals surface area (Å²) in [5, 5.41) is 0. The molecule has 0 heterocycles. The normalized spacial score (nSPS) is 10.5. The molecule has 0 amide bonds. The van der Waals surface area contributed by atoms with Crippen LogP contribution in [0.15, 0.2) is 0 Å². The molecule has 0 aromatic rings. The Labute approximate surface area is 59.1 Å². The van der Waals surface area contributed by atoms with E-state index in [1.54, 1.807) is 0 Å². The molecule has 0 unspecified atom stereocenters. The minimum atomic E-state index is -4.18. The number of hydrogen-bond donors (Lipinski definition) is 0. The van der Waals surface area contributed by atoms with Crippen molar-refractivity contribution in [2.75, 3.05) is 6.61 Å². The van der Waals surface area contributed by atoms with Crippen molar-refractivity contribution in [3.63, 3.8) is 0 Å². The summed E-state index contributed by atoms with van der Waals surface area (Å²) in [6.45, 7) is 1.32. The molecule has 54 valence electrons. The van der Waals surface area contributed by atoms with Crippen LogP contribution in [0.3, 0.4) is 0 Å². The van der Waals surface area contributed by atoms with Gasteiger partial charge in [0.05, 0.1) is 14.5 Å². The summed E-state index contributed by atoms with van der Waals surface area (Å²) in [5.41, 5.74) is 0. The molecule has 4 nitrogen and oxygen atoms in total. The Bertz CT molecular complexity index is 52.5. The molecular formula is C2H5ClNiO4. The fourth-order valence-corrected chi connectivity index (χ4v) is 0.401. The molecule has 8 heavy (non-hydrogen) atoms. The minimum absolute atomic E-state index is 0. The molecule has 0 aromatic carbocycles. The summed E-state index contributed by atoms with van der Waals surface area (Å²) < 4.78 is 31.9. The second-order valence-electron chi connectivity index (χ2n) is 0.776. The molecule has 0 fully saturated rings. The van der Waals surface area contributed by atoms with Crippen molar-refractivity contribution in [3.8, 4) is 0 Å². The third kappa shape index (κ3) is 9.80. The van der Waals surface area contributed by atoms with E-state index >= 15 is 0 Å². The van der Waals surface area contributed by atoms with Crippen LogP contribution in [0.25, 0.3) is 0 Å². The molecule has 0 aliphatic heterocycles. The van der Waals surface area contributed by atoms with Crippen LogP contribution in [0, 0.1) is 10.2 Å². The average molecular weight is 187 g/mol. The number of rotatable bonds is 2. The van der Waals surface area contributed by atoms with E-state index in [1.807, 2.05) is 0 Å². The zero-order chi connectivity index (χ0) is 5.91. The predicted molar refractivity (Wildman–Crippen MR) is 11.6 cm³/mol. The molecule has 0 saturated carbocycles. The number of hydrogen-bond acceptors (Lipinski definition) is 4. The maximum Gasteiger partial charge on any atom is 0.201 e. The quantitative estimate of drug-likeness (QED) is 0.429. The van der Waals surface area contributed by atoms with Gasteiger partial charge < -0.3 is 0 Å².